The van der Waals surface area contributed by atoms with E-state index in [1.807, 2.05) is 0 Å². The second-order valence-electron chi connectivity index (χ2n) is 26.3. The van der Waals surface area contributed by atoms with Crippen LogP contribution in [-0.4, -0.2) is 113 Å². The summed E-state index contributed by atoms with van der Waals surface area (Å²) in [5.74, 6) is -15.5. The van der Waals surface area contributed by atoms with Crippen molar-refractivity contribution in [2.24, 2.45) is 0 Å². The van der Waals surface area contributed by atoms with Gasteiger partial charge < -0.3 is 102 Å². The largest absolute Gasteiger partial charge is 0.508 e. The molecule has 0 aliphatic carbocycles. The predicted octanol–water partition coefficient (Wildman–Crippen LogP) is 9.39. The second kappa shape index (κ2) is 30.6. The summed E-state index contributed by atoms with van der Waals surface area (Å²) in [4.78, 5) is 120. The molecule has 103 heavy (non-hydrogen) atoms. The number of aromatic hydroxyl groups is 6. The Morgan fingerprint density at radius 3 is 1.81 bits per heavy atom. The first-order valence-electron chi connectivity index (χ1n) is 33.0. The van der Waals surface area contributed by atoms with Crippen molar-refractivity contribution in [3.8, 4) is 80.1 Å². The van der Waals surface area contributed by atoms with Crippen LogP contribution < -0.4 is 56.7 Å². The molecule has 0 fully saturated rings. The van der Waals surface area contributed by atoms with Crippen molar-refractivity contribution >= 4 is 70.7 Å². The molecule has 540 valence electrons. The Morgan fingerprint density at radius 2 is 1.15 bits per heavy atom. The van der Waals surface area contributed by atoms with Crippen LogP contribution in [0.4, 0.5) is 4.79 Å². The fraction of sp³-hybridized carbons (Fsp3) is 0.315. The maximum atomic E-state index is 16.1. The summed E-state index contributed by atoms with van der Waals surface area (Å²) in [6, 6.07) is 6.67. The van der Waals surface area contributed by atoms with Crippen molar-refractivity contribution in [3.63, 3.8) is 0 Å². The molecule has 1 unspecified atom stereocenters. The normalized spacial score (nSPS) is 20.3. The van der Waals surface area contributed by atoms with Gasteiger partial charge in [-0.05, 0) is 146 Å². The number of unbranched alkanes of at least 4 members (excludes halogenated alkanes) is 6. The van der Waals surface area contributed by atoms with Crippen LogP contribution in [0.3, 0.4) is 0 Å². The third-order valence-electron chi connectivity index (χ3n) is 17.6. The second-order valence-corrected chi connectivity index (χ2v) is 27.1. The summed E-state index contributed by atoms with van der Waals surface area (Å²) in [7, 11) is 0. The van der Waals surface area contributed by atoms with E-state index in [9.17, 15) is 60.0 Å². The summed E-state index contributed by atoms with van der Waals surface area (Å²) < 4.78 is 24.2. The van der Waals surface area contributed by atoms with Crippen LogP contribution in [0.2, 0.25) is 10.0 Å². The number of carbonyl (C=O) groups excluding carboxylic acids is 7. The van der Waals surface area contributed by atoms with E-state index in [2.05, 4.69) is 49.5 Å². The van der Waals surface area contributed by atoms with Gasteiger partial charge in [0.25, 0.3) is 0 Å². The number of aliphatic carboxylic acids is 1. The van der Waals surface area contributed by atoms with Crippen LogP contribution in [-0.2, 0) is 51.3 Å². The maximum Gasteiger partial charge on any atom is 0.408 e. The summed E-state index contributed by atoms with van der Waals surface area (Å²) in [6.07, 6.45) is 3.21. The first-order valence-corrected chi connectivity index (χ1v) is 33.8. The molecular weight excluding hydrogens is 1380 g/mol. The maximum absolute atomic E-state index is 16.1. The summed E-state index contributed by atoms with van der Waals surface area (Å²) >= 11 is 13.9. The Balaban J connectivity index is 1.09. The Morgan fingerprint density at radius 1 is 0.553 bits per heavy atom. The third kappa shape index (κ3) is 16.4. The molecule has 30 heteroatoms. The SMILES string of the molecule is CCCCCCCCCNCc1c(O)cc2c(c1O)-c1cc(ccc1O)[C@@H]1NC(=O)[C@H]3NC(=O)[C@H]4NC(=O)[C@H](Cc5ccc(c(Cl)c5)Oc5cc3cc(c5O)Oc3ccc(cc3Cl)C(O)[C@H](NC1=O)C(=O)N[C@@H]2C(=O)O)NC(=O)[C@H](NC(=O)OC(C)(C)C)c1ccc(O)c(c1)Oc1cc(O)cc4c1. The monoisotopic (exact) mass is 1450 g/mol. The number of carboxylic acid groups (broad SMARTS) is 1. The van der Waals surface area contributed by atoms with Gasteiger partial charge in [0, 0.05) is 35.7 Å². The lowest BCUT2D eigenvalue weighted by Crippen LogP contribution is -2.55. The van der Waals surface area contributed by atoms with Gasteiger partial charge in [-0.15, -0.1) is 0 Å². The quantitative estimate of drug-likeness (QED) is 0.0506. The fourth-order valence-corrected chi connectivity index (χ4v) is 12.9. The molecule has 13 rings (SSSR count). The lowest BCUT2D eigenvalue weighted by atomic mass is 9.88. The van der Waals surface area contributed by atoms with Gasteiger partial charge in [-0.25, -0.2) is 9.59 Å². The lowest BCUT2D eigenvalue weighted by Gasteiger charge is -2.31. The number of alkyl carbamates (subject to hydrolysis) is 1. The van der Waals surface area contributed by atoms with Gasteiger partial charge in [0.1, 0.15) is 88.2 Å². The van der Waals surface area contributed by atoms with Crippen LogP contribution in [0, 0.1) is 0 Å². The smallest absolute Gasteiger partial charge is 0.408 e. The van der Waals surface area contributed by atoms with E-state index in [0.29, 0.717) is 13.0 Å². The zero-order valence-corrected chi connectivity index (χ0v) is 57.3. The van der Waals surface area contributed by atoms with Gasteiger partial charge in [-0.2, -0.15) is 0 Å². The number of aliphatic hydroxyl groups is 1. The molecule has 8 atom stereocenters. The minimum atomic E-state index is -2.23. The molecule has 7 aromatic rings. The van der Waals surface area contributed by atoms with Crippen LogP contribution in [0.25, 0.3) is 11.1 Å². The molecule has 16 N–H and O–H groups in total. The molecule has 0 radical (unpaired) electrons. The zero-order valence-electron chi connectivity index (χ0n) is 55.8. The average Bonchev–Trinajstić information content (AvgIpc) is 0.760. The van der Waals surface area contributed by atoms with Gasteiger partial charge >= 0.3 is 12.1 Å². The Bertz CT molecular complexity index is 4550. The van der Waals surface area contributed by atoms with Gasteiger partial charge in [-0.1, -0.05) is 92.9 Å². The predicted molar refractivity (Wildman–Crippen MR) is 370 cm³/mol. The zero-order chi connectivity index (χ0) is 73.9. The van der Waals surface area contributed by atoms with Crippen molar-refractivity contribution in [2.75, 3.05) is 6.54 Å². The van der Waals surface area contributed by atoms with Crippen molar-refractivity contribution < 1.29 is 98.2 Å². The Hall–Kier alpha value is -11.2. The van der Waals surface area contributed by atoms with Gasteiger partial charge in [0.2, 0.25) is 41.2 Å². The molecule has 28 nitrogen and oxygen atoms in total. The number of carbonyl (C=O) groups is 8. The van der Waals surface area contributed by atoms with Crippen molar-refractivity contribution in [2.45, 2.75) is 140 Å². The van der Waals surface area contributed by atoms with E-state index < -0.39 is 171 Å². The number of nitrogens with one attached hydrogen (secondary N) is 8. The minimum absolute atomic E-state index is 0.00829. The molecule has 6 aliphatic rings. The molecule has 0 saturated carbocycles. The molecule has 0 saturated heterocycles. The summed E-state index contributed by atoms with van der Waals surface area (Å²) in [5.41, 5.74) is -3.53. The summed E-state index contributed by atoms with van der Waals surface area (Å²) in [5, 5.41) is 115. The van der Waals surface area contributed by atoms with Crippen LogP contribution in [0.1, 0.15) is 153 Å². The van der Waals surface area contributed by atoms with E-state index in [4.69, 9.17) is 42.1 Å². The first-order chi connectivity index (χ1) is 49.0. The number of fused-ring (bicyclic) bond motifs is 14. The molecule has 17 bridgehead atoms. The number of phenolic OH excluding ortho intramolecular Hbond substituents is 6. The van der Waals surface area contributed by atoms with Crippen LogP contribution >= 0.6 is 23.2 Å². The number of phenols is 6. The Labute approximate surface area is 598 Å². The average molecular weight is 1450 g/mol. The number of rotatable bonds is 12. The Kier molecular flexibility index (Phi) is 21.7. The van der Waals surface area contributed by atoms with E-state index in [0.717, 1.165) is 99.2 Å². The van der Waals surface area contributed by atoms with E-state index in [-0.39, 0.29) is 78.5 Å². The fourth-order valence-electron chi connectivity index (χ4n) is 12.4. The molecule has 7 aromatic carbocycles. The minimum Gasteiger partial charge on any atom is -0.508 e. The highest BCUT2D eigenvalue weighted by atomic mass is 35.5. The molecule has 7 amide bonds. The third-order valence-corrected chi connectivity index (χ3v) is 18.2. The number of hydrogen-bond donors (Lipinski definition) is 16. The number of halogens is 2. The van der Waals surface area contributed by atoms with E-state index in [1.54, 1.807) is 20.8 Å². The van der Waals surface area contributed by atoms with E-state index in [1.165, 1.54) is 48.5 Å². The lowest BCUT2D eigenvalue weighted by molar-refractivity contribution is -0.143. The molecular formula is C73H74Cl2N8O20. The number of amides is 7. The van der Waals surface area contributed by atoms with Crippen molar-refractivity contribution in [1.29, 1.82) is 0 Å². The van der Waals surface area contributed by atoms with Gasteiger partial charge in [0.05, 0.1) is 15.6 Å². The number of hydrogen-bond acceptors (Lipinski definition) is 20. The van der Waals surface area contributed by atoms with Crippen LogP contribution in [0.15, 0.2) is 109 Å². The highest BCUT2D eigenvalue weighted by Gasteiger charge is 2.42. The molecule has 0 aromatic heterocycles. The number of benzene rings is 7. The molecule has 6 heterocycles. The number of ether oxygens (including phenoxy) is 4. The highest BCUT2D eigenvalue weighted by Crippen LogP contribution is 2.49. The molecule has 0 spiro atoms. The highest BCUT2D eigenvalue weighted by molar-refractivity contribution is 6.32. The molecule has 6 aliphatic heterocycles. The number of aliphatic hydroxyl groups excluding tert-OH is 1. The standard InChI is InChI=1S/C73H74Cl2N8O20/c1-5-6-7-8-9-10-11-20-76-32-43-49(87)31-42-55(63(43)89)41-25-34(13-16-47(41)85)56-67(93)82-61(70(96)81-60(42)71(97)98)62(88)36-15-19-51(45(75)26-36)102-54-29-38-28-53(64(54)90)101-50-18-12-33(21-44(50)74)22-46-65(91)78-58(68(94)80-59(38)69(95)79-56)37-23-39(84)30-40(24-37)100-52-27-35(14-17-48(52)86)57(66(92)77-46)83-72(99)103-73(2,3)4/h12-19,21,23-31,46,56-62,76,84-90H,5-11,20,22,32H2,1-4H3,(H,77,92)(H,78,91)(H,79,95)(H,80,94)(H,81,96)(H,82,93)(H,83,99)(H,97,98)/t46-,56-,57+,58-,59-,60-,61-,62?/m0/s1. The number of carboxylic acids is 1. The van der Waals surface area contributed by atoms with E-state index >= 15 is 19.2 Å². The van der Waals surface area contributed by atoms with Gasteiger partial charge in [0.15, 0.2) is 29.0 Å². The van der Waals surface area contributed by atoms with Crippen molar-refractivity contribution in [3.05, 3.63) is 164 Å². The summed E-state index contributed by atoms with van der Waals surface area (Å²) in [6.45, 7) is 7.06. The first kappa shape index (κ1) is 73.0. The van der Waals surface area contributed by atoms with Crippen LogP contribution in [0.5, 0.6) is 69.0 Å². The topological polar surface area (TPSA) is 432 Å². The van der Waals surface area contributed by atoms with Gasteiger partial charge in [-0.3, -0.25) is 28.8 Å². The van der Waals surface area contributed by atoms with Crippen molar-refractivity contribution in [1.82, 2.24) is 42.5 Å².